The Balaban J connectivity index is 2.00. The van der Waals surface area contributed by atoms with E-state index in [2.05, 4.69) is 9.88 Å². The predicted molar refractivity (Wildman–Crippen MR) is 64.7 cm³/mol. The molecule has 1 aromatic rings. The van der Waals surface area contributed by atoms with E-state index in [0.29, 0.717) is 5.56 Å². The van der Waals surface area contributed by atoms with Crippen molar-refractivity contribution >= 4 is 22.7 Å². The Morgan fingerprint density at radius 1 is 1.47 bits per heavy atom. The first-order chi connectivity index (χ1) is 8.20. The van der Waals surface area contributed by atoms with Crippen molar-refractivity contribution in [2.24, 2.45) is 5.92 Å². The molecule has 1 aliphatic rings. The summed E-state index contributed by atoms with van der Waals surface area (Å²) in [7, 11) is 0. The molecule has 0 bridgehead atoms. The van der Waals surface area contributed by atoms with E-state index in [1.807, 2.05) is 12.1 Å². The fourth-order valence-electron chi connectivity index (χ4n) is 1.97. The molecular weight excluding hydrogens is 238 g/mol. The van der Waals surface area contributed by atoms with E-state index in [0.717, 1.165) is 31.7 Å². The van der Waals surface area contributed by atoms with Gasteiger partial charge in [-0.3, -0.25) is 4.79 Å². The minimum absolute atomic E-state index is 0.0219. The Morgan fingerprint density at radius 2 is 2.18 bits per heavy atom. The van der Waals surface area contributed by atoms with E-state index in [1.54, 1.807) is 12.3 Å². The van der Waals surface area contributed by atoms with Crippen molar-refractivity contribution in [3.8, 4) is 6.07 Å². The fraction of sp³-hybridized carbons (Fsp3) is 0.417. The normalized spacial score (nSPS) is 16.6. The molecule has 0 aliphatic carbocycles. The standard InChI is InChI=1S/C12H12ClN3O/c13-12(17)10-3-5-16(6-4-10)11-2-1-9(7-14)8-15-11/h1-2,8,10H,3-6H2. The van der Waals surface area contributed by atoms with Crippen LogP contribution in [0.5, 0.6) is 0 Å². The van der Waals surface area contributed by atoms with Crippen LogP contribution in [0.4, 0.5) is 5.82 Å². The van der Waals surface area contributed by atoms with Crippen LogP contribution in [0, 0.1) is 17.2 Å². The summed E-state index contributed by atoms with van der Waals surface area (Å²) in [6.45, 7) is 1.56. The maximum absolute atomic E-state index is 11.0. The zero-order valence-corrected chi connectivity index (χ0v) is 10.0. The molecule has 0 unspecified atom stereocenters. The molecule has 0 N–H and O–H groups in total. The maximum Gasteiger partial charge on any atom is 0.224 e. The van der Waals surface area contributed by atoms with Crippen molar-refractivity contribution in [1.82, 2.24) is 4.98 Å². The summed E-state index contributed by atoms with van der Waals surface area (Å²) in [6, 6.07) is 5.62. The second-order valence-electron chi connectivity index (χ2n) is 4.08. The van der Waals surface area contributed by atoms with Crippen LogP contribution in [0.25, 0.3) is 0 Å². The van der Waals surface area contributed by atoms with Gasteiger partial charge in [-0.2, -0.15) is 5.26 Å². The van der Waals surface area contributed by atoms with E-state index < -0.39 is 0 Å². The molecule has 88 valence electrons. The molecule has 1 fully saturated rings. The summed E-state index contributed by atoms with van der Waals surface area (Å²) >= 11 is 5.48. The number of rotatable bonds is 2. The third-order valence-corrected chi connectivity index (χ3v) is 3.33. The average molecular weight is 250 g/mol. The van der Waals surface area contributed by atoms with E-state index in [9.17, 15) is 4.79 Å². The summed E-state index contributed by atoms with van der Waals surface area (Å²) in [4.78, 5) is 17.4. The quantitative estimate of drug-likeness (QED) is 0.752. The van der Waals surface area contributed by atoms with Crippen LogP contribution in [-0.4, -0.2) is 23.3 Å². The summed E-state index contributed by atoms with van der Waals surface area (Å²) in [5.74, 6) is 0.829. The SMILES string of the molecule is N#Cc1ccc(N2CCC(C(=O)Cl)CC2)nc1. The number of aromatic nitrogens is 1. The highest BCUT2D eigenvalue weighted by molar-refractivity contribution is 6.64. The molecule has 0 atom stereocenters. The van der Waals surface area contributed by atoms with Gasteiger partial charge in [0.2, 0.25) is 5.24 Å². The summed E-state index contributed by atoms with van der Waals surface area (Å²) in [5, 5.41) is 8.44. The molecule has 1 aromatic heterocycles. The van der Waals surface area contributed by atoms with Crippen molar-refractivity contribution in [3.63, 3.8) is 0 Å². The highest BCUT2D eigenvalue weighted by Crippen LogP contribution is 2.23. The molecule has 0 radical (unpaired) electrons. The lowest BCUT2D eigenvalue weighted by Gasteiger charge is -2.31. The van der Waals surface area contributed by atoms with Crippen LogP contribution in [0.15, 0.2) is 18.3 Å². The van der Waals surface area contributed by atoms with Gasteiger partial charge >= 0.3 is 0 Å². The van der Waals surface area contributed by atoms with E-state index in [-0.39, 0.29) is 11.2 Å². The molecule has 0 saturated carbocycles. The minimum Gasteiger partial charge on any atom is -0.357 e. The topological polar surface area (TPSA) is 57.0 Å². The smallest absolute Gasteiger partial charge is 0.224 e. The Morgan fingerprint density at radius 3 is 2.65 bits per heavy atom. The molecule has 1 aliphatic heterocycles. The average Bonchev–Trinajstić information content (AvgIpc) is 2.39. The van der Waals surface area contributed by atoms with Gasteiger partial charge in [0.15, 0.2) is 0 Å². The lowest BCUT2D eigenvalue weighted by Crippen LogP contribution is -2.35. The van der Waals surface area contributed by atoms with Crippen LogP contribution in [0.1, 0.15) is 18.4 Å². The molecule has 17 heavy (non-hydrogen) atoms. The molecular formula is C12H12ClN3O. The summed E-state index contributed by atoms with van der Waals surface area (Å²) in [6.07, 6.45) is 3.10. The Labute approximate surface area is 105 Å². The highest BCUT2D eigenvalue weighted by atomic mass is 35.5. The van der Waals surface area contributed by atoms with Crippen molar-refractivity contribution in [2.45, 2.75) is 12.8 Å². The molecule has 0 spiro atoms. The number of nitrogens with zero attached hydrogens (tertiary/aromatic N) is 3. The zero-order chi connectivity index (χ0) is 12.3. The number of hydrogen-bond acceptors (Lipinski definition) is 4. The number of halogens is 1. The number of pyridine rings is 1. The molecule has 0 aromatic carbocycles. The first-order valence-electron chi connectivity index (χ1n) is 5.51. The van der Waals surface area contributed by atoms with Gasteiger partial charge < -0.3 is 4.90 Å². The number of nitriles is 1. The second-order valence-corrected chi connectivity index (χ2v) is 4.45. The zero-order valence-electron chi connectivity index (χ0n) is 9.27. The Kier molecular flexibility index (Phi) is 3.60. The van der Waals surface area contributed by atoms with Crippen LogP contribution in [-0.2, 0) is 4.79 Å². The maximum atomic E-state index is 11.0. The van der Waals surface area contributed by atoms with Crippen LogP contribution in [0.3, 0.4) is 0 Å². The predicted octanol–water partition coefficient (Wildman–Crippen LogP) is 1.94. The third-order valence-electron chi connectivity index (χ3n) is 3.02. The lowest BCUT2D eigenvalue weighted by molar-refractivity contribution is -0.115. The van der Waals surface area contributed by atoms with Gasteiger partial charge in [0, 0.05) is 25.2 Å². The van der Waals surface area contributed by atoms with Gasteiger partial charge in [0.1, 0.15) is 11.9 Å². The molecule has 5 heteroatoms. The molecule has 4 nitrogen and oxygen atoms in total. The van der Waals surface area contributed by atoms with Gasteiger partial charge in [-0.05, 0) is 36.6 Å². The van der Waals surface area contributed by atoms with Crippen molar-refractivity contribution in [3.05, 3.63) is 23.9 Å². The number of carbonyl (C=O) groups is 1. The van der Waals surface area contributed by atoms with Gasteiger partial charge in [0.25, 0.3) is 0 Å². The van der Waals surface area contributed by atoms with E-state index in [4.69, 9.17) is 16.9 Å². The Hall–Kier alpha value is -1.60. The monoisotopic (exact) mass is 249 g/mol. The molecule has 2 heterocycles. The Bertz CT molecular complexity index is 444. The van der Waals surface area contributed by atoms with Crippen molar-refractivity contribution in [1.29, 1.82) is 5.26 Å². The van der Waals surface area contributed by atoms with E-state index in [1.165, 1.54) is 0 Å². The first-order valence-corrected chi connectivity index (χ1v) is 5.89. The fourth-order valence-corrected chi connectivity index (χ4v) is 2.19. The highest BCUT2D eigenvalue weighted by Gasteiger charge is 2.24. The van der Waals surface area contributed by atoms with Crippen LogP contribution < -0.4 is 4.90 Å². The van der Waals surface area contributed by atoms with Crippen LogP contribution in [0.2, 0.25) is 0 Å². The largest absolute Gasteiger partial charge is 0.357 e. The minimum atomic E-state index is -0.238. The summed E-state index contributed by atoms with van der Waals surface area (Å²) < 4.78 is 0. The second kappa shape index (κ2) is 5.15. The number of piperidine rings is 1. The van der Waals surface area contributed by atoms with Crippen molar-refractivity contribution < 1.29 is 4.79 Å². The number of carbonyl (C=O) groups excluding carboxylic acids is 1. The molecule has 2 rings (SSSR count). The van der Waals surface area contributed by atoms with Crippen molar-refractivity contribution in [2.75, 3.05) is 18.0 Å². The van der Waals surface area contributed by atoms with Gasteiger partial charge in [-0.25, -0.2) is 4.98 Å². The molecule has 1 saturated heterocycles. The first kappa shape index (κ1) is 11.9. The lowest BCUT2D eigenvalue weighted by atomic mass is 9.98. The number of hydrogen-bond donors (Lipinski definition) is 0. The summed E-state index contributed by atoms with van der Waals surface area (Å²) in [5.41, 5.74) is 0.555. The van der Waals surface area contributed by atoms with Gasteiger partial charge in [0.05, 0.1) is 5.56 Å². The number of anilines is 1. The molecule has 0 amide bonds. The third kappa shape index (κ3) is 2.75. The van der Waals surface area contributed by atoms with E-state index >= 15 is 0 Å². The van der Waals surface area contributed by atoms with Gasteiger partial charge in [-0.1, -0.05) is 0 Å². The van der Waals surface area contributed by atoms with Gasteiger partial charge in [-0.15, -0.1) is 0 Å². The van der Waals surface area contributed by atoms with Crippen LogP contribution >= 0.6 is 11.6 Å².